The Balaban J connectivity index is 2.07. The highest BCUT2D eigenvalue weighted by atomic mass is 32.2. The number of carbonyl (C=O) groups excluding carboxylic acids is 2. The van der Waals surface area contributed by atoms with Crippen molar-refractivity contribution in [3.8, 4) is 5.75 Å². The van der Waals surface area contributed by atoms with E-state index < -0.39 is 17.1 Å². The number of benzene rings is 1. The molecule has 1 saturated heterocycles. The summed E-state index contributed by atoms with van der Waals surface area (Å²) in [7, 11) is 0. The molecule has 0 atom stereocenters. The first-order valence-corrected chi connectivity index (χ1v) is 7.64. The third-order valence-corrected chi connectivity index (χ3v) is 3.88. The maximum absolute atomic E-state index is 12.1. The second-order valence-corrected chi connectivity index (χ2v) is 5.64. The summed E-state index contributed by atoms with van der Waals surface area (Å²) in [5.74, 6) is -0.840. The highest BCUT2D eigenvalue weighted by Gasteiger charge is 2.34. The first-order chi connectivity index (χ1) is 11.0. The van der Waals surface area contributed by atoms with Crippen LogP contribution in [-0.2, 0) is 9.59 Å². The maximum atomic E-state index is 12.1. The van der Waals surface area contributed by atoms with Gasteiger partial charge in [-0.2, -0.15) is 0 Å². The van der Waals surface area contributed by atoms with E-state index in [2.05, 4.69) is 6.58 Å². The molecule has 1 aliphatic rings. The van der Waals surface area contributed by atoms with Crippen LogP contribution in [0.5, 0.6) is 5.75 Å². The summed E-state index contributed by atoms with van der Waals surface area (Å²) in [5.41, 5.74) is 0.750. The van der Waals surface area contributed by atoms with E-state index in [1.165, 1.54) is 0 Å². The molecule has 0 aromatic heterocycles. The average Bonchev–Trinajstić information content (AvgIpc) is 2.78. The van der Waals surface area contributed by atoms with Gasteiger partial charge in [0.1, 0.15) is 12.4 Å². The number of carbonyl (C=O) groups is 3. The third-order valence-electron chi connectivity index (χ3n) is 2.97. The quantitative estimate of drug-likeness (QED) is 0.610. The lowest BCUT2D eigenvalue weighted by molar-refractivity contribution is -0.137. The number of aliphatic carboxylic acids is 1. The summed E-state index contributed by atoms with van der Waals surface area (Å²) in [6.45, 7) is 3.85. The van der Waals surface area contributed by atoms with Crippen molar-refractivity contribution in [2.24, 2.45) is 0 Å². The van der Waals surface area contributed by atoms with Crippen molar-refractivity contribution in [1.29, 1.82) is 0 Å². The van der Waals surface area contributed by atoms with E-state index in [0.717, 1.165) is 22.2 Å². The molecule has 23 heavy (non-hydrogen) atoms. The minimum Gasteiger partial charge on any atom is -0.490 e. The van der Waals surface area contributed by atoms with Gasteiger partial charge in [0.15, 0.2) is 0 Å². The number of amides is 2. The van der Waals surface area contributed by atoms with E-state index >= 15 is 0 Å². The predicted octanol–water partition coefficient (Wildman–Crippen LogP) is 2.76. The minimum absolute atomic E-state index is 0.119. The number of imide groups is 1. The fourth-order valence-electron chi connectivity index (χ4n) is 1.87. The molecule has 1 heterocycles. The molecule has 0 spiro atoms. The molecule has 1 aromatic rings. The number of ether oxygens (including phenoxy) is 1. The number of hydrogen-bond acceptors (Lipinski definition) is 5. The zero-order valence-electron chi connectivity index (χ0n) is 12.2. The van der Waals surface area contributed by atoms with E-state index in [1.807, 2.05) is 0 Å². The largest absolute Gasteiger partial charge is 0.490 e. The van der Waals surface area contributed by atoms with Crippen LogP contribution >= 0.6 is 11.8 Å². The van der Waals surface area contributed by atoms with Gasteiger partial charge in [-0.05, 0) is 35.5 Å². The Morgan fingerprint density at radius 3 is 2.61 bits per heavy atom. The van der Waals surface area contributed by atoms with Crippen molar-refractivity contribution in [1.82, 2.24) is 4.90 Å². The number of carboxylic acids is 1. The Hall–Kier alpha value is -2.54. The van der Waals surface area contributed by atoms with Crippen molar-refractivity contribution in [2.45, 2.75) is 6.42 Å². The second kappa shape index (κ2) is 7.64. The monoisotopic (exact) mass is 333 g/mol. The molecule has 1 N–H and O–H groups in total. The van der Waals surface area contributed by atoms with Gasteiger partial charge in [-0.1, -0.05) is 24.8 Å². The summed E-state index contributed by atoms with van der Waals surface area (Å²) in [6, 6.07) is 7.04. The Labute approximate surface area is 137 Å². The molecule has 120 valence electrons. The molecule has 1 fully saturated rings. The fraction of sp³-hybridized carbons (Fsp3) is 0.188. The summed E-state index contributed by atoms with van der Waals surface area (Å²) in [6.07, 6.45) is 2.98. The lowest BCUT2D eigenvalue weighted by Gasteiger charge is -2.09. The number of thioether (sulfide) groups is 1. The van der Waals surface area contributed by atoms with Gasteiger partial charge >= 0.3 is 5.97 Å². The van der Waals surface area contributed by atoms with Crippen molar-refractivity contribution in [2.75, 3.05) is 13.2 Å². The Morgan fingerprint density at radius 2 is 2.00 bits per heavy atom. The number of carboxylic acid groups (broad SMARTS) is 1. The molecule has 0 saturated carbocycles. The smallest absolute Gasteiger partial charge is 0.305 e. The molecule has 1 aromatic carbocycles. The molecule has 0 unspecified atom stereocenters. The molecular weight excluding hydrogens is 318 g/mol. The van der Waals surface area contributed by atoms with Gasteiger partial charge < -0.3 is 9.84 Å². The standard InChI is InChI=1S/C16H15NO5S/c1-2-9-22-12-5-3-11(4-6-12)10-13-15(20)17(16(21)23-13)8-7-14(18)19/h2-6,10H,1,7-9H2,(H,18,19)/b13-10-. The van der Waals surface area contributed by atoms with Crippen LogP contribution in [0.3, 0.4) is 0 Å². The zero-order valence-corrected chi connectivity index (χ0v) is 13.0. The van der Waals surface area contributed by atoms with E-state index in [1.54, 1.807) is 36.4 Å². The molecular formula is C16H15NO5S. The van der Waals surface area contributed by atoms with Crippen LogP contribution in [0.15, 0.2) is 41.8 Å². The number of hydrogen-bond donors (Lipinski definition) is 1. The SMILES string of the molecule is C=CCOc1ccc(/C=C2\SC(=O)N(CCC(=O)O)C2=O)cc1. The van der Waals surface area contributed by atoms with Gasteiger partial charge in [0.05, 0.1) is 11.3 Å². The molecule has 1 aliphatic heterocycles. The van der Waals surface area contributed by atoms with Gasteiger partial charge in [-0.3, -0.25) is 19.3 Å². The van der Waals surface area contributed by atoms with E-state index in [0.29, 0.717) is 12.4 Å². The van der Waals surface area contributed by atoms with E-state index in [9.17, 15) is 14.4 Å². The van der Waals surface area contributed by atoms with Gasteiger partial charge in [0, 0.05) is 6.54 Å². The summed E-state index contributed by atoms with van der Waals surface area (Å²) in [5, 5.41) is 8.20. The maximum Gasteiger partial charge on any atom is 0.305 e. The lowest BCUT2D eigenvalue weighted by atomic mass is 10.2. The van der Waals surface area contributed by atoms with Gasteiger partial charge in [-0.15, -0.1) is 0 Å². The fourth-order valence-corrected chi connectivity index (χ4v) is 2.73. The van der Waals surface area contributed by atoms with Crippen LogP contribution < -0.4 is 4.74 Å². The third kappa shape index (κ3) is 4.46. The highest BCUT2D eigenvalue weighted by molar-refractivity contribution is 8.18. The van der Waals surface area contributed by atoms with Crippen LogP contribution in [0, 0.1) is 0 Å². The predicted molar refractivity (Wildman–Crippen MR) is 87.1 cm³/mol. The van der Waals surface area contributed by atoms with Crippen molar-refractivity contribution >= 4 is 35.0 Å². The Bertz CT molecular complexity index is 666. The van der Waals surface area contributed by atoms with E-state index in [4.69, 9.17) is 9.84 Å². The normalized spacial score (nSPS) is 16.0. The second-order valence-electron chi connectivity index (χ2n) is 4.65. The number of nitrogens with zero attached hydrogens (tertiary/aromatic N) is 1. The summed E-state index contributed by atoms with van der Waals surface area (Å²) < 4.78 is 5.36. The lowest BCUT2D eigenvalue weighted by Crippen LogP contribution is -2.30. The molecule has 6 nitrogen and oxygen atoms in total. The van der Waals surface area contributed by atoms with E-state index in [-0.39, 0.29) is 17.9 Å². The number of rotatable bonds is 7. The van der Waals surface area contributed by atoms with Crippen LogP contribution in [0.4, 0.5) is 4.79 Å². The van der Waals surface area contributed by atoms with Crippen LogP contribution in [0.1, 0.15) is 12.0 Å². The Morgan fingerprint density at radius 1 is 1.30 bits per heavy atom. The first kappa shape index (κ1) is 16.8. The molecule has 2 rings (SSSR count). The molecule has 0 radical (unpaired) electrons. The Kier molecular flexibility index (Phi) is 5.59. The van der Waals surface area contributed by atoms with Crippen LogP contribution in [-0.4, -0.2) is 40.3 Å². The van der Waals surface area contributed by atoms with Crippen molar-refractivity contribution < 1.29 is 24.2 Å². The molecule has 7 heteroatoms. The van der Waals surface area contributed by atoms with Gasteiger partial charge in [-0.25, -0.2) is 0 Å². The topological polar surface area (TPSA) is 83.9 Å². The van der Waals surface area contributed by atoms with Gasteiger partial charge in [0.2, 0.25) is 0 Å². The van der Waals surface area contributed by atoms with Crippen molar-refractivity contribution in [3.05, 3.63) is 47.4 Å². The first-order valence-electron chi connectivity index (χ1n) is 6.82. The summed E-state index contributed by atoms with van der Waals surface area (Å²) >= 11 is 0.807. The average molecular weight is 333 g/mol. The molecule has 0 bridgehead atoms. The van der Waals surface area contributed by atoms with Gasteiger partial charge in [0.25, 0.3) is 11.1 Å². The van der Waals surface area contributed by atoms with Crippen molar-refractivity contribution in [3.63, 3.8) is 0 Å². The zero-order chi connectivity index (χ0) is 16.8. The minimum atomic E-state index is -1.05. The molecule has 0 aliphatic carbocycles. The molecule has 2 amide bonds. The van der Waals surface area contributed by atoms with Crippen LogP contribution in [0.2, 0.25) is 0 Å². The summed E-state index contributed by atoms with van der Waals surface area (Å²) in [4.78, 5) is 35.7. The van der Waals surface area contributed by atoms with Crippen LogP contribution in [0.25, 0.3) is 6.08 Å². The highest BCUT2D eigenvalue weighted by Crippen LogP contribution is 2.32.